The highest BCUT2D eigenvalue weighted by atomic mass is 32.2. The number of fused-ring (bicyclic) bond motifs is 3. The van der Waals surface area contributed by atoms with Crippen LogP contribution in [0.2, 0.25) is 0 Å². The molecule has 0 radical (unpaired) electrons. The summed E-state index contributed by atoms with van der Waals surface area (Å²) in [7, 11) is 0. The van der Waals surface area contributed by atoms with Crippen molar-refractivity contribution < 1.29 is 14.3 Å². The summed E-state index contributed by atoms with van der Waals surface area (Å²) < 4.78 is 7.41. The fourth-order valence-corrected chi connectivity index (χ4v) is 7.03. The van der Waals surface area contributed by atoms with Gasteiger partial charge in [0.2, 0.25) is 0 Å². The van der Waals surface area contributed by atoms with Crippen molar-refractivity contribution in [2.45, 2.75) is 74.2 Å². The molecule has 1 fully saturated rings. The Morgan fingerprint density at radius 2 is 1.81 bits per heavy atom. The van der Waals surface area contributed by atoms with Crippen LogP contribution in [0.3, 0.4) is 0 Å². The van der Waals surface area contributed by atoms with Crippen LogP contribution in [0.25, 0.3) is 10.9 Å². The number of carbonyl (C=O) groups excluding carboxylic acids is 2. The largest absolute Gasteiger partial charge is 0.443 e. The van der Waals surface area contributed by atoms with E-state index in [1.165, 1.54) is 11.1 Å². The lowest BCUT2D eigenvalue weighted by Gasteiger charge is -2.42. The summed E-state index contributed by atoms with van der Waals surface area (Å²) in [5, 5.41) is 2.03. The number of para-hydroxylation sites is 1. The Balaban J connectivity index is 1.75. The summed E-state index contributed by atoms with van der Waals surface area (Å²) in [4.78, 5) is 26.0. The lowest BCUT2D eigenvalue weighted by atomic mass is 9.76. The first-order valence-corrected chi connectivity index (χ1v) is 12.2. The molecule has 2 aliphatic rings. The van der Waals surface area contributed by atoms with Crippen LogP contribution in [-0.2, 0) is 9.53 Å². The van der Waals surface area contributed by atoms with Crippen LogP contribution in [0.15, 0.2) is 59.6 Å². The normalized spacial score (nSPS) is 23.3. The van der Waals surface area contributed by atoms with Crippen LogP contribution < -0.4 is 0 Å². The Morgan fingerprint density at radius 1 is 1.09 bits per heavy atom. The maximum atomic E-state index is 13.4. The first-order chi connectivity index (χ1) is 15.3. The Bertz CT molecular complexity index is 1190. The van der Waals surface area contributed by atoms with E-state index in [-0.39, 0.29) is 16.8 Å². The number of ether oxygens (including phenoxy) is 1. The van der Waals surface area contributed by atoms with Gasteiger partial charge in [0.05, 0.1) is 10.5 Å². The minimum Gasteiger partial charge on any atom is -0.443 e. The molecule has 0 N–H and O–H groups in total. The van der Waals surface area contributed by atoms with E-state index >= 15 is 0 Å². The van der Waals surface area contributed by atoms with Gasteiger partial charge in [-0.1, -0.05) is 48.5 Å². The summed E-state index contributed by atoms with van der Waals surface area (Å²) in [6.45, 7) is 5.68. The number of Topliss-reactive ketones (excluding diaryl/α,β-unsaturated/α-hetero) is 1. The second kappa shape index (κ2) is 7.80. The molecule has 0 amide bonds. The van der Waals surface area contributed by atoms with Crippen molar-refractivity contribution >= 4 is 34.5 Å². The maximum Gasteiger partial charge on any atom is 0.419 e. The molecule has 1 saturated carbocycles. The van der Waals surface area contributed by atoms with Crippen molar-refractivity contribution in [3.05, 3.63) is 65.7 Å². The van der Waals surface area contributed by atoms with Crippen LogP contribution in [0.1, 0.15) is 69.9 Å². The van der Waals surface area contributed by atoms with Gasteiger partial charge in [-0.25, -0.2) is 9.36 Å². The highest BCUT2D eigenvalue weighted by Gasteiger charge is 2.46. The Kier molecular flexibility index (Phi) is 5.20. The summed E-state index contributed by atoms with van der Waals surface area (Å²) in [5.41, 5.74) is 2.70. The van der Waals surface area contributed by atoms with Crippen LogP contribution >= 0.6 is 11.8 Å². The van der Waals surface area contributed by atoms with Crippen LogP contribution in [0.4, 0.5) is 4.79 Å². The first-order valence-electron chi connectivity index (χ1n) is 11.4. The fraction of sp³-hybridized carbons (Fsp3) is 0.407. The molecule has 2 atom stereocenters. The lowest BCUT2D eigenvalue weighted by Crippen LogP contribution is -2.37. The summed E-state index contributed by atoms with van der Waals surface area (Å²) in [6.07, 6.45) is 3.69. The van der Waals surface area contributed by atoms with Crippen molar-refractivity contribution in [2.24, 2.45) is 0 Å². The minimum absolute atomic E-state index is 0.131. The Labute approximate surface area is 193 Å². The van der Waals surface area contributed by atoms with Gasteiger partial charge >= 0.3 is 6.09 Å². The van der Waals surface area contributed by atoms with E-state index < -0.39 is 5.60 Å². The van der Waals surface area contributed by atoms with Gasteiger partial charge in [-0.2, -0.15) is 0 Å². The van der Waals surface area contributed by atoms with E-state index in [9.17, 15) is 9.59 Å². The maximum absolute atomic E-state index is 13.4. The second-order valence-electron chi connectivity index (χ2n) is 10.1. The molecular formula is C27H29NO3S. The molecule has 2 heterocycles. The number of benzene rings is 2. The van der Waals surface area contributed by atoms with E-state index in [4.69, 9.17) is 4.74 Å². The standard InChI is InChI=1S/C27H29NO3S/c1-26(2,3)31-25(30)28-22-14-8-7-13-20(22)23-21(18-10-5-4-6-11-18)17-27(32-24(23)28)15-9-12-19(29)16-27/h4-8,10-11,13-14,21H,9,12,15-17H2,1-3H3/t21-,27+/m1/s1. The van der Waals surface area contributed by atoms with Crippen molar-refractivity contribution in [1.82, 2.24) is 4.57 Å². The first kappa shape index (κ1) is 21.3. The van der Waals surface area contributed by atoms with E-state index in [0.717, 1.165) is 35.2 Å². The number of aromatic nitrogens is 1. The van der Waals surface area contributed by atoms with Crippen LogP contribution in [0, 0.1) is 0 Å². The molecule has 32 heavy (non-hydrogen) atoms. The molecule has 1 spiro atoms. The predicted molar refractivity (Wildman–Crippen MR) is 129 cm³/mol. The molecule has 5 heteroatoms. The summed E-state index contributed by atoms with van der Waals surface area (Å²) >= 11 is 1.73. The minimum atomic E-state index is -0.591. The molecule has 0 unspecified atom stereocenters. The molecule has 5 rings (SSSR count). The molecule has 1 aromatic heterocycles. The highest BCUT2D eigenvalue weighted by Crippen LogP contribution is 2.58. The van der Waals surface area contributed by atoms with Gasteiger partial charge in [-0.3, -0.25) is 4.79 Å². The quantitative estimate of drug-likeness (QED) is 0.406. The average Bonchev–Trinajstić information content (AvgIpc) is 3.06. The highest BCUT2D eigenvalue weighted by molar-refractivity contribution is 8.00. The monoisotopic (exact) mass is 447 g/mol. The predicted octanol–water partition coefficient (Wildman–Crippen LogP) is 6.93. The second-order valence-corrected chi connectivity index (χ2v) is 11.5. The van der Waals surface area contributed by atoms with Gasteiger partial charge in [0.1, 0.15) is 11.4 Å². The Morgan fingerprint density at radius 3 is 2.53 bits per heavy atom. The zero-order valence-corrected chi connectivity index (χ0v) is 19.7. The molecule has 1 aliphatic carbocycles. The summed E-state index contributed by atoms with van der Waals surface area (Å²) in [6, 6.07) is 18.6. The van der Waals surface area contributed by atoms with Gasteiger partial charge in [0.15, 0.2) is 0 Å². The lowest BCUT2D eigenvalue weighted by molar-refractivity contribution is -0.121. The third-order valence-corrected chi connectivity index (χ3v) is 8.04. The van der Waals surface area contributed by atoms with Crippen molar-refractivity contribution in [2.75, 3.05) is 0 Å². The van der Waals surface area contributed by atoms with E-state index in [1.54, 1.807) is 16.3 Å². The van der Waals surface area contributed by atoms with Crippen LogP contribution in [0.5, 0.6) is 0 Å². The molecule has 0 saturated heterocycles. The van der Waals surface area contributed by atoms with Crippen LogP contribution in [-0.4, -0.2) is 26.8 Å². The van der Waals surface area contributed by atoms with Crippen molar-refractivity contribution in [3.8, 4) is 0 Å². The van der Waals surface area contributed by atoms with E-state index in [1.807, 2.05) is 45.0 Å². The number of thioether (sulfide) groups is 1. The molecule has 0 bridgehead atoms. The zero-order chi connectivity index (χ0) is 22.5. The van der Waals surface area contributed by atoms with E-state index in [2.05, 4.69) is 30.3 Å². The molecule has 4 nitrogen and oxygen atoms in total. The third kappa shape index (κ3) is 3.77. The number of rotatable bonds is 1. The topological polar surface area (TPSA) is 48.3 Å². The number of nitrogens with zero attached hydrogens (tertiary/aromatic N) is 1. The van der Waals surface area contributed by atoms with E-state index in [0.29, 0.717) is 18.6 Å². The number of carbonyl (C=O) groups is 2. The molecular weight excluding hydrogens is 418 g/mol. The number of ketones is 1. The van der Waals surface area contributed by atoms with Gasteiger partial charge in [-0.15, -0.1) is 11.8 Å². The van der Waals surface area contributed by atoms with Crippen molar-refractivity contribution in [3.63, 3.8) is 0 Å². The zero-order valence-electron chi connectivity index (χ0n) is 18.9. The van der Waals surface area contributed by atoms with Gasteiger partial charge < -0.3 is 4.74 Å². The number of hydrogen-bond acceptors (Lipinski definition) is 4. The SMILES string of the molecule is CC(C)(C)OC(=O)n1c2c(c3ccccc31)[C@@H](c1ccccc1)C[C@@]1(CCCC(=O)C1)S2. The number of hydrogen-bond donors (Lipinski definition) is 0. The summed E-state index contributed by atoms with van der Waals surface area (Å²) in [5.74, 6) is 0.464. The molecule has 166 valence electrons. The Hall–Kier alpha value is -2.53. The average molecular weight is 448 g/mol. The van der Waals surface area contributed by atoms with Gasteiger partial charge in [0, 0.05) is 28.9 Å². The third-order valence-electron chi connectivity index (χ3n) is 6.49. The molecule has 2 aromatic carbocycles. The molecule has 3 aromatic rings. The smallest absolute Gasteiger partial charge is 0.419 e. The molecule has 1 aliphatic heterocycles. The van der Waals surface area contributed by atoms with Gasteiger partial charge in [0.25, 0.3) is 0 Å². The fourth-order valence-electron chi connectivity index (χ4n) is 5.26. The van der Waals surface area contributed by atoms with Gasteiger partial charge in [-0.05, 0) is 57.2 Å². The van der Waals surface area contributed by atoms with Crippen molar-refractivity contribution in [1.29, 1.82) is 0 Å².